The summed E-state index contributed by atoms with van der Waals surface area (Å²) in [4.78, 5) is 13.8. The van der Waals surface area contributed by atoms with Crippen molar-refractivity contribution in [2.45, 2.75) is 18.7 Å². The lowest BCUT2D eigenvalue weighted by Gasteiger charge is -2.23. The van der Waals surface area contributed by atoms with Crippen LogP contribution in [-0.2, 0) is 9.53 Å². The monoisotopic (exact) mass is 263 g/mol. The van der Waals surface area contributed by atoms with Gasteiger partial charge >= 0.3 is 0 Å². The Balaban J connectivity index is 1.84. The number of benzene rings is 1. The van der Waals surface area contributed by atoms with E-state index in [-0.39, 0.29) is 30.7 Å². The van der Waals surface area contributed by atoms with Crippen molar-refractivity contribution in [2.75, 3.05) is 20.3 Å². The lowest BCUT2D eigenvalue weighted by atomic mass is 10.0. The topological polar surface area (TPSA) is 59.0 Å². The van der Waals surface area contributed by atoms with Crippen LogP contribution >= 0.6 is 0 Å². The molecule has 0 bridgehead atoms. The van der Waals surface area contributed by atoms with Gasteiger partial charge in [-0.05, 0) is 12.1 Å². The van der Waals surface area contributed by atoms with Gasteiger partial charge in [0.05, 0.1) is 19.8 Å². The molecular formula is C14H17NO4. The summed E-state index contributed by atoms with van der Waals surface area (Å²) in [5.41, 5.74) is 0.940. The molecule has 2 saturated heterocycles. The highest BCUT2D eigenvalue weighted by molar-refractivity contribution is 5.80. The van der Waals surface area contributed by atoms with Crippen LogP contribution in [0.25, 0.3) is 0 Å². The minimum absolute atomic E-state index is 0.00394. The Bertz CT molecular complexity index is 473. The van der Waals surface area contributed by atoms with Crippen LogP contribution in [0.15, 0.2) is 24.3 Å². The number of aliphatic hydroxyl groups excluding tert-OH is 1. The summed E-state index contributed by atoms with van der Waals surface area (Å²) in [6, 6.07) is 7.54. The van der Waals surface area contributed by atoms with E-state index in [0.29, 0.717) is 13.0 Å². The molecule has 0 unspecified atom stereocenters. The molecule has 1 amide bonds. The van der Waals surface area contributed by atoms with E-state index in [2.05, 4.69) is 0 Å². The van der Waals surface area contributed by atoms with Crippen molar-refractivity contribution >= 4 is 5.91 Å². The smallest absolute Gasteiger partial charge is 0.225 e. The minimum atomic E-state index is -0.333. The number of aliphatic hydroxyl groups is 1. The Labute approximate surface area is 111 Å². The summed E-state index contributed by atoms with van der Waals surface area (Å²) in [7, 11) is 1.62. The predicted octanol–water partition coefficient (Wildman–Crippen LogP) is 0.933. The maximum atomic E-state index is 12.0. The van der Waals surface area contributed by atoms with Crippen LogP contribution in [0, 0.1) is 5.92 Å². The number of carbonyl (C=O) groups is 1. The van der Waals surface area contributed by atoms with E-state index in [0.717, 1.165) is 11.3 Å². The van der Waals surface area contributed by atoms with Crippen molar-refractivity contribution in [3.05, 3.63) is 29.8 Å². The molecule has 0 aliphatic carbocycles. The van der Waals surface area contributed by atoms with Gasteiger partial charge in [0, 0.05) is 24.5 Å². The first kappa shape index (κ1) is 12.4. The predicted molar refractivity (Wildman–Crippen MR) is 67.5 cm³/mol. The average molecular weight is 263 g/mol. The molecule has 0 aromatic heterocycles. The Kier molecular flexibility index (Phi) is 3.16. The van der Waals surface area contributed by atoms with E-state index >= 15 is 0 Å². The molecule has 1 aromatic carbocycles. The molecule has 19 heavy (non-hydrogen) atoms. The molecule has 2 aliphatic rings. The van der Waals surface area contributed by atoms with E-state index in [1.807, 2.05) is 24.3 Å². The van der Waals surface area contributed by atoms with Crippen LogP contribution in [0.1, 0.15) is 18.2 Å². The molecule has 2 fully saturated rings. The number of methoxy groups -OCH3 is 1. The highest BCUT2D eigenvalue weighted by Gasteiger charge is 2.48. The molecule has 0 spiro atoms. The van der Waals surface area contributed by atoms with Crippen LogP contribution in [0.3, 0.4) is 0 Å². The molecule has 2 heterocycles. The van der Waals surface area contributed by atoms with Crippen molar-refractivity contribution < 1.29 is 19.4 Å². The normalized spacial score (nSPS) is 29.7. The summed E-state index contributed by atoms with van der Waals surface area (Å²) in [6.45, 7) is 0.527. The summed E-state index contributed by atoms with van der Waals surface area (Å²) in [5.74, 6) is 0.831. The standard InChI is InChI=1S/C14H17NO4/c1-18-11-4-2-9(3-5-11)14-15-12(8-19-14)10(7-16)6-13(15)17/h2-5,10,12,14,16H,6-8H2,1H3/t10-,12-,14-/m1/s1. The molecule has 0 radical (unpaired) electrons. The fourth-order valence-electron chi connectivity index (χ4n) is 2.88. The zero-order valence-corrected chi connectivity index (χ0v) is 10.8. The van der Waals surface area contributed by atoms with Crippen molar-refractivity contribution in [2.24, 2.45) is 5.92 Å². The Hall–Kier alpha value is -1.59. The van der Waals surface area contributed by atoms with Gasteiger partial charge in [-0.1, -0.05) is 12.1 Å². The van der Waals surface area contributed by atoms with Gasteiger partial charge in [-0.15, -0.1) is 0 Å². The number of amides is 1. The van der Waals surface area contributed by atoms with Gasteiger partial charge < -0.3 is 19.5 Å². The molecule has 2 aliphatic heterocycles. The van der Waals surface area contributed by atoms with Crippen molar-refractivity contribution in [3.8, 4) is 5.75 Å². The second kappa shape index (κ2) is 4.83. The first-order chi connectivity index (χ1) is 9.24. The fourth-order valence-corrected chi connectivity index (χ4v) is 2.88. The molecule has 1 N–H and O–H groups in total. The molecule has 102 valence electrons. The number of fused-ring (bicyclic) bond motifs is 1. The SMILES string of the molecule is COc1ccc([C@H]2OC[C@@H]3[C@@H](CO)CC(=O)N23)cc1. The fraction of sp³-hybridized carbons (Fsp3) is 0.500. The van der Waals surface area contributed by atoms with Gasteiger partial charge in [-0.2, -0.15) is 0 Å². The summed E-state index contributed by atoms with van der Waals surface area (Å²) >= 11 is 0. The number of ether oxygens (including phenoxy) is 2. The molecule has 3 rings (SSSR count). The second-order valence-electron chi connectivity index (χ2n) is 4.97. The molecule has 3 atom stereocenters. The van der Waals surface area contributed by atoms with Crippen molar-refractivity contribution in [1.29, 1.82) is 0 Å². The average Bonchev–Trinajstić information content (AvgIpc) is 3.01. The van der Waals surface area contributed by atoms with E-state index in [4.69, 9.17) is 9.47 Å². The largest absolute Gasteiger partial charge is 0.497 e. The summed E-state index contributed by atoms with van der Waals surface area (Å²) in [6.07, 6.45) is 0.0805. The first-order valence-corrected chi connectivity index (χ1v) is 6.42. The maximum Gasteiger partial charge on any atom is 0.225 e. The van der Waals surface area contributed by atoms with Crippen LogP contribution < -0.4 is 4.74 Å². The third kappa shape index (κ3) is 1.99. The number of nitrogens with zero attached hydrogens (tertiary/aromatic N) is 1. The quantitative estimate of drug-likeness (QED) is 0.881. The van der Waals surface area contributed by atoms with Gasteiger partial charge in [0.25, 0.3) is 0 Å². The number of hydrogen-bond donors (Lipinski definition) is 1. The third-order valence-electron chi connectivity index (χ3n) is 3.94. The molecule has 1 aromatic rings. The lowest BCUT2D eigenvalue weighted by molar-refractivity contribution is -0.134. The van der Waals surface area contributed by atoms with Gasteiger partial charge in [-0.3, -0.25) is 4.79 Å². The maximum absolute atomic E-state index is 12.0. The Morgan fingerprint density at radius 2 is 2.16 bits per heavy atom. The van der Waals surface area contributed by atoms with Crippen LogP contribution in [-0.4, -0.2) is 42.3 Å². The number of hydrogen-bond acceptors (Lipinski definition) is 4. The minimum Gasteiger partial charge on any atom is -0.497 e. The highest BCUT2D eigenvalue weighted by Crippen LogP contribution is 2.40. The lowest BCUT2D eigenvalue weighted by Crippen LogP contribution is -2.33. The van der Waals surface area contributed by atoms with Gasteiger partial charge in [0.15, 0.2) is 6.23 Å². The van der Waals surface area contributed by atoms with Crippen molar-refractivity contribution in [3.63, 3.8) is 0 Å². The molecule has 5 nitrogen and oxygen atoms in total. The van der Waals surface area contributed by atoms with Gasteiger partial charge in [0.2, 0.25) is 5.91 Å². The van der Waals surface area contributed by atoms with E-state index in [1.54, 1.807) is 12.0 Å². The molecule has 5 heteroatoms. The molecular weight excluding hydrogens is 246 g/mol. The van der Waals surface area contributed by atoms with Crippen LogP contribution in [0.5, 0.6) is 5.75 Å². The van der Waals surface area contributed by atoms with Gasteiger partial charge in [-0.25, -0.2) is 0 Å². The zero-order chi connectivity index (χ0) is 13.4. The van der Waals surface area contributed by atoms with Crippen LogP contribution in [0.2, 0.25) is 0 Å². The second-order valence-corrected chi connectivity index (χ2v) is 4.97. The number of rotatable bonds is 3. The van der Waals surface area contributed by atoms with Crippen molar-refractivity contribution in [1.82, 2.24) is 4.90 Å². The van der Waals surface area contributed by atoms with E-state index < -0.39 is 0 Å². The Morgan fingerprint density at radius 3 is 2.79 bits per heavy atom. The third-order valence-corrected chi connectivity index (χ3v) is 3.94. The highest BCUT2D eigenvalue weighted by atomic mass is 16.5. The van der Waals surface area contributed by atoms with Crippen LogP contribution in [0.4, 0.5) is 0 Å². The number of carbonyl (C=O) groups excluding carboxylic acids is 1. The molecule has 0 saturated carbocycles. The first-order valence-electron chi connectivity index (χ1n) is 6.42. The Morgan fingerprint density at radius 1 is 1.42 bits per heavy atom. The summed E-state index contributed by atoms with van der Waals surface area (Å²) < 4.78 is 10.9. The van der Waals surface area contributed by atoms with Gasteiger partial charge in [0.1, 0.15) is 5.75 Å². The van der Waals surface area contributed by atoms with E-state index in [9.17, 15) is 9.90 Å². The van der Waals surface area contributed by atoms with E-state index in [1.165, 1.54) is 0 Å². The zero-order valence-electron chi connectivity index (χ0n) is 10.8. The summed E-state index contributed by atoms with van der Waals surface area (Å²) in [5, 5.41) is 9.31.